The van der Waals surface area contributed by atoms with E-state index < -0.39 is 0 Å². The molecule has 3 rings (SSSR count). The first kappa shape index (κ1) is 11.7. The molecule has 0 radical (unpaired) electrons. The van der Waals surface area contributed by atoms with Crippen LogP contribution in [0.2, 0.25) is 0 Å². The zero-order valence-electron chi connectivity index (χ0n) is 10.4. The van der Waals surface area contributed by atoms with Crippen LogP contribution in [0, 0.1) is 11.8 Å². The lowest BCUT2D eigenvalue weighted by Crippen LogP contribution is -2.33. The lowest BCUT2D eigenvalue weighted by Gasteiger charge is -2.16. The van der Waals surface area contributed by atoms with Gasteiger partial charge in [-0.3, -0.25) is 9.69 Å². The number of nitrogens with zero attached hydrogens (tertiary/aromatic N) is 1. The van der Waals surface area contributed by atoms with E-state index in [0.29, 0.717) is 6.54 Å². The van der Waals surface area contributed by atoms with E-state index in [1.54, 1.807) is 0 Å². The van der Waals surface area contributed by atoms with Crippen LogP contribution in [-0.4, -0.2) is 43.5 Å². The van der Waals surface area contributed by atoms with Crippen LogP contribution in [0.1, 0.15) is 0 Å². The van der Waals surface area contributed by atoms with E-state index in [-0.39, 0.29) is 5.91 Å². The maximum atomic E-state index is 11.9. The molecule has 1 aromatic rings. The molecular weight excluding hydrogens is 226 g/mol. The highest BCUT2D eigenvalue weighted by molar-refractivity contribution is 5.92. The van der Waals surface area contributed by atoms with Crippen molar-refractivity contribution in [1.29, 1.82) is 0 Å². The Labute approximate surface area is 107 Å². The van der Waals surface area contributed by atoms with Gasteiger partial charge in [0.2, 0.25) is 5.91 Å². The molecule has 2 fully saturated rings. The van der Waals surface area contributed by atoms with Gasteiger partial charge in [-0.05, 0) is 37.1 Å². The Morgan fingerprint density at radius 1 is 1.22 bits per heavy atom. The fourth-order valence-electron chi connectivity index (χ4n) is 3.01. The van der Waals surface area contributed by atoms with Crippen molar-refractivity contribution in [3.8, 4) is 0 Å². The second-order valence-corrected chi connectivity index (χ2v) is 5.29. The fraction of sp³-hybridized carbons (Fsp3) is 0.500. The maximum absolute atomic E-state index is 11.9. The third kappa shape index (κ3) is 2.54. The summed E-state index contributed by atoms with van der Waals surface area (Å²) >= 11 is 0. The van der Waals surface area contributed by atoms with Crippen molar-refractivity contribution in [2.75, 3.05) is 38.0 Å². The Bertz CT molecular complexity index is 408. The highest BCUT2D eigenvalue weighted by Gasteiger charge is 2.36. The van der Waals surface area contributed by atoms with Crippen LogP contribution in [0.15, 0.2) is 30.3 Å². The topological polar surface area (TPSA) is 44.4 Å². The number of anilines is 1. The van der Waals surface area contributed by atoms with Crippen molar-refractivity contribution in [2.24, 2.45) is 11.8 Å². The lowest BCUT2D eigenvalue weighted by molar-refractivity contribution is -0.117. The molecule has 2 N–H and O–H groups in total. The number of para-hydroxylation sites is 1. The van der Waals surface area contributed by atoms with Crippen molar-refractivity contribution in [2.45, 2.75) is 0 Å². The first-order valence-electron chi connectivity index (χ1n) is 6.59. The van der Waals surface area contributed by atoms with Gasteiger partial charge in [0.1, 0.15) is 0 Å². The average Bonchev–Trinajstić information content (AvgIpc) is 2.90. The van der Waals surface area contributed by atoms with Crippen molar-refractivity contribution in [3.63, 3.8) is 0 Å². The normalized spacial score (nSPS) is 27.1. The Morgan fingerprint density at radius 3 is 2.56 bits per heavy atom. The summed E-state index contributed by atoms with van der Waals surface area (Å²) in [6, 6.07) is 9.65. The molecule has 2 aliphatic rings. The van der Waals surface area contributed by atoms with Gasteiger partial charge in [0, 0.05) is 18.8 Å². The van der Waals surface area contributed by atoms with E-state index in [1.165, 1.54) is 0 Å². The maximum Gasteiger partial charge on any atom is 0.238 e. The van der Waals surface area contributed by atoms with Crippen LogP contribution >= 0.6 is 0 Å². The first-order valence-corrected chi connectivity index (χ1v) is 6.59. The van der Waals surface area contributed by atoms with Crippen LogP contribution in [-0.2, 0) is 4.79 Å². The number of nitrogens with one attached hydrogen (secondary N) is 2. The predicted molar refractivity (Wildman–Crippen MR) is 71.4 cm³/mol. The molecule has 1 aromatic carbocycles. The summed E-state index contributed by atoms with van der Waals surface area (Å²) in [7, 11) is 0. The smallest absolute Gasteiger partial charge is 0.238 e. The summed E-state index contributed by atoms with van der Waals surface area (Å²) in [5.41, 5.74) is 0.878. The highest BCUT2D eigenvalue weighted by atomic mass is 16.2. The Balaban J connectivity index is 1.50. The van der Waals surface area contributed by atoms with Crippen molar-refractivity contribution < 1.29 is 4.79 Å². The molecule has 1 amide bonds. The summed E-state index contributed by atoms with van der Waals surface area (Å²) in [6.07, 6.45) is 0. The number of carbonyl (C=O) groups excluding carboxylic acids is 1. The van der Waals surface area contributed by atoms with Gasteiger partial charge in [0.15, 0.2) is 0 Å². The van der Waals surface area contributed by atoms with Crippen molar-refractivity contribution >= 4 is 11.6 Å². The molecule has 2 saturated heterocycles. The second-order valence-electron chi connectivity index (χ2n) is 5.29. The zero-order valence-corrected chi connectivity index (χ0v) is 10.4. The van der Waals surface area contributed by atoms with Gasteiger partial charge < -0.3 is 10.6 Å². The van der Waals surface area contributed by atoms with Crippen LogP contribution in [0.4, 0.5) is 5.69 Å². The molecule has 18 heavy (non-hydrogen) atoms. The monoisotopic (exact) mass is 245 g/mol. The van der Waals surface area contributed by atoms with E-state index in [2.05, 4.69) is 15.5 Å². The fourth-order valence-corrected chi connectivity index (χ4v) is 3.01. The van der Waals surface area contributed by atoms with Crippen LogP contribution in [0.5, 0.6) is 0 Å². The number of hydrogen-bond donors (Lipinski definition) is 2. The van der Waals surface area contributed by atoms with E-state index in [1.807, 2.05) is 30.3 Å². The number of amides is 1. The van der Waals surface area contributed by atoms with Gasteiger partial charge in [-0.2, -0.15) is 0 Å². The van der Waals surface area contributed by atoms with E-state index >= 15 is 0 Å². The van der Waals surface area contributed by atoms with Gasteiger partial charge >= 0.3 is 0 Å². The van der Waals surface area contributed by atoms with E-state index in [0.717, 1.165) is 43.7 Å². The molecule has 0 spiro atoms. The van der Waals surface area contributed by atoms with Crippen LogP contribution < -0.4 is 10.6 Å². The number of rotatable bonds is 3. The SMILES string of the molecule is O=C(CN1CC2CNCC2C1)Nc1ccccc1. The average molecular weight is 245 g/mol. The van der Waals surface area contributed by atoms with Crippen molar-refractivity contribution in [1.82, 2.24) is 10.2 Å². The second kappa shape index (κ2) is 5.08. The van der Waals surface area contributed by atoms with Gasteiger partial charge in [0.05, 0.1) is 6.54 Å². The lowest BCUT2D eigenvalue weighted by atomic mass is 10.0. The summed E-state index contributed by atoms with van der Waals surface area (Å²) in [4.78, 5) is 14.2. The third-order valence-corrected chi connectivity index (χ3v) is 3.89. The molecule has 2 heterocycles. The number of hydrogen-bond acceptors (Lipinski definition) is 3. The minimum atomic E-state index is 0.0918. The third-order valence-electron chi connectivity index (χ3n) is 3.89. The van der Waals surface area contributed by atoms with E-state index in [9.17, 15) is 4.79 Å². The Hall–Kier alpha value is -1.39. The van der Waals surface area contributed by atoms with Crippen LogP contribution in [0.3, 0.4) is 0 Å². The summed E-state index contributed by atoms with van der Waals surface area (Å²) < 4.78 is 0. The van der Waals surface area contributed by atoms with Crippen molar-refractivity contribution in [3.05, 3.63) is 30.3 Å². The Morgan fingerprint density at radius 2 is 1.89 bits per heavy atom. The summed E-state index contributed by atoms with van der Waals surface area (Å²) in [5.74, 6) is 1.58. The molecule has 96 valence electrons. The van der Waals surface area contributed by atoms with Gasteiger partial charge in [-0.25, -0.2) is 0 Å². The van der Waals surface area contributed by atoms with Crippen LogP contribution in [0.25, 0.3) is 0 Å². The number of carbonyl (C=O) groups is 1. The zero-order chi connectivity index (χ0) is 12.4. The Kier molecular flexibility index (Phi) is 3.30. The van der Waals surface area contributed by atoms with Gasteiger partial charge in [-0.15, -0.1) is 0 Å². The number of fused-ring (bicyclic) bond motifs is 1. The molecule has 4 nitrogen and oxygen atoms in total. The molecule has 0 bridgehead atoms. The minimum absolute atomic E-state index is 0.0918. The molecule has 2 aliphatic heterocycles. The minimum Gasteiger partial charge on any atom is -0.325 e. The first-order chi connectivity index (χ1) is 8.81. The summed E-state index contributed by atoms with van der Waals surface area (Å²) in [6.45, 7) is 4.85. The van der Waals surface area contributed by atoms with Gasteiger partial charge in [-0.1, -0.05) is 18.2 Å². The largest absolute Gasteiger partial charge is 0.325 e. The molecule has 2 unspecified atom stereocenters. The quantitative estimate of drug-likeness (QED) is 0.827. The standard InChI is InChI=1S/C14H19N3O/c18-14(16-13-4-2-1-3-5-13)10-17-8-11-6-15-7-12(11)9-17/h1-5,11-12,15H,6-10H2,(H,16,18). The molecule has 4 heteroatoms. The van der Waals surface area contributed by atoms with Gasteiger partial charge in [0.25, 0.3) is 0 Å². The summed E-state index contributed by atoms with van der Waals surface area (Å²) in [5, 5.41) is 6.35. The highest BCUT2D eigenvalue weighted by Crippen LogP contribution is 2.25. The molecule has 2 atom stereocenters. The molecule has 0 aliphatic carbocycles. The van der Waals surface area contributed by atoms with E-state index in [4.69, 9.17) is 0 Å². The predicted octanol–water partition coefficient (Wildman–Crippen LogP) is 0.776. The molecular formula is C14H19N3O. The number of benzene rings is 1. The number of likely N-dealkylation sites (tertiary alicyclic amines) is 1. The molecule has 0 saturated carbocycles. The molecule has 0 aromatic heterocycles.